The summed E-state index contributed by atoms with van der Waals surface area (Å²) in [6.07, 6.45) is 75.6. The number of carbonyl (C=O) groups excluding carboxylic acids is 1. The largest absolute Gasteiger partial charge is 0.394 e. The van der Waals surface area contributed by atoms with Crippen LogP contribution < -0.4 is 5.32 Å². The molecule has 0 heterocycles. The van der Waals surface area contributed by atoms with E-state index in [0.29, 0.717) is 12.8 Å². The zero-order valence-corrected chi connectivity index (χ0v) is 40.4. The number of hydrogen-bond acceptors (Lipinski definition) is 3. The van der Waals surface area contributed by atoms with Crippen molar-refractivity contribution in [2.75, 3.05) is 6.61 Å². The lowest BCUT2D eigenvalue weighted by Crippen LogP contribution is -2.45. The van der Waals surface area contributed by atoms with Crippen molar-refractivity contribution in [1.82, 2.24) is 5.32 Å². The molecule has 0 bridgehead atoms. The highest BCUT2D eigenvalue weighted by atomic mass is 16.3. The van der Waals surface area contributed by atoms with Crippen LogP contribution in [0.3, 0.4) is 0 Å². The molecule has 0 saturated carbocycles. The third-order valence-electron chi connectivity index (χ3n) is 11.7. The summed E-state index contributed by atoms with van der Waals surface area (Å²) in [5, 5.41) is 23.3. The Morgan fingerprint density at radius 3 is 1.02 bits per heavy atom. The van der Waals surface area contributed by atoms with Crippen LogP contribution in [0, 0.1) is 0 Å². The van der Waals surface area contributed by atoms with E-state index in [1.807, 2.05) is 0 Å². The van der Waals surface area contributed by atoms with Gasteiger partial charge in [-0.05, 0) is 64.2 Å². The number of aliphatic hydroxyl groups is 2. The van der Waals surface area contributed by atoms with Gasteiger partial charge in [-0.2, -0.15) is 0 Å². The number of aliphatic hydroxyl groups excluding tert-OH is 2. The first-order valence-corrected chi connectivity index (χ1v) is 26.3. The Bertz CT molecular complexity index is 1100. The lowest BCUT2D eigenvalue weighted by Gasteiger charge is -2.22. The van der Waals surface area contributed by atoms with E-state index in [9.17, 15) is 15.0 Å². The van der Waals surface area contributed by atoms with Crippen LogP contribution in [0.2, 0.25) is 0 Å². The van der Waals surface area contributed by atoms with Crippen LogP contribution in [0.4, 0.5) is 0 Å². The molecule has 0 aromatic carbocycles. The fourth-order valence-electron chi connectivity index (χ4n) is 7.70. The second-order valence-electron chi connectivity index (χ2n) is 17.6. The van der Waals surface area contributed by atoms with Gasteiger partial charge in [0.1, 0.15) is 0 Å². The number of hydrogen-bond donors (Lipinski definition) is 3. The Kier molecular flexibility index (Phi) is 49.8. The summed E-state index contributed by atoms with van der Waals surface area (Å²) >= 11 is 0. The third-order valence-corrected chi connectivity index (χ3v) is 11.7. The second-order valence-corrected chi connectivity index (χ2v) is 17.6. The number of nitrogens with one attached hydrogen (secondary N) is 1. The summed E-state index contributed by atoms with van der Waals surface area (Å²) in [6.45, 7) is 4.23. The Hall–Kier alpha value is -2.43. The van der Waals surface area contributed by atoms with E-state index < -0.39 is 12.1 Å². The zero-order valence-electron chi connectivity index (χ0n) is 40.4. The lowest BCUT2D eigenvalue weighted by atomic mass is 10.0. The van der Waals surface area contributed by atoms with Crippen molar-refractivity contribution in [3.8, 4) is 0 Å². The highest BCUT2D eigenvalue weighted by Crippen LogP contribution is 2.17. The van der Waals surface area contributed by atoms with Gasteiger partial charge in [0.15, 0.2) is 0 Å². The van der Waals surface area contributed by atoms with Gasteiger partial charge in [0, 0.05) is 6.42 Å². The van der Waals surface area contributed by atoms with Crippen LogP contribution >= 0.6 is 0 Å². The Morgan fingerprint density at radius 1 is 0.410 bits per heavy atom. The molecule has 1 amide bonds. The topological polar surface area (TPSA) is 69.6 Å². The monoisotopic (exact) mass is 848 g/mol. The molecule has 4 heteroatoms. The molecule has 0 spiro atoms. The summed E-state index contributed by atoms with van der Waals surface area (Å²) in [5.74, 6) is -0.0894. The molecule has 3 N–H and O–H groups in total. The SMILES string of the molecule is CC/C=C\C/C=C\C/C=C\C/C=C\C/C=C\C/C=C\C/C=C\CCCC(=O)NC(CO)C(O)CCCCCCCCCCCCCCCCCCCCCCCCCCCC. The molecule has 2 atom stereocenters. The molecular formula is C57H101NO3. The maximum atomic E-state index is 12.4. The summed E-state index contributed by atoms with van der Waals surface area (Å²) in [7, 11) is 0. The molecule has 0 fully saturated rings. The molecular weight excluding hydrogens is 747 g/mol. The van der Waals surface area contributed by atoms with Gasteiger partial charge in [0.2, 0.25) is 5.91 Å². The first-order chi connectivity index (χ1) is 30.2. The molecule has 0 aliphatic carbocycles. The fourth-order valence-corrected chi connectivity index (χ4v) is 7.70. The molecule has 0 saturated heterocycles. The Balaban J connectivity index is 3.59. The normalized spacial score (nSPS) is 13.6. The van der Waals surface area contributed by atoms with Crippen LogP contribution in [0.1, 0.15) is 251 Å². The Morgan fingerprint density at radius 2 is 0.705 bits per heavy atom. The van der Waals surface area contributed by atoms with E-state index in [-0.39, 0.29) is 12.5 Å². The van der Waals surface area contributed by atoms with Crippen LogP contribution in [0.15, 0.2) is 85.1 Å². The number of amides is 1. The van der Waals surface area contributed by atoms with Crippen molar-refractivity contribution in [2.45, 2.75) is 264 Å². The maximum absolute atomic E-state index is 12.4. The van der Waals surface area contributed by atoms with Crippen LogP contribution in [0.25, 0.3) is 0 Å². The molecule has 61 heavy (non-hydrogen) atoms. The number of carbonyl (C=O) groups is 1. The maximum Gasteiger partial charge on any atom is 0.220 e. The predicted molar refractivity (Wildman–Crippen MR) is 271 cm³/mol. The molecule has 4 nitrogen and oxygen atoms in total. The van der Waals surface area contributed by atoms with Gasteiger partial charge in [-0.3, -0.25) is 4.79 Å². The van der Waals surface area contributed by atoms with Crippen LogP contribution in [0.5, 0.6) is 0 Å². The molecule has 0 aliphatic rings. The first kappa shape index (κ1) is 58.6. The van der Waals surface area contributed by atoms with Crippen LogP contribution in [-0.4, -0.2) is 34.9 Å². The lowest BCUT2D eigenvalue weighted by molar-refractivity contribution is -0.123. The smallest absolute Gasteiger partial charge is 0.220 e. The highest BCUT2D eigenvalue weighted by Gasteiger charge is 2.19. The van der Waals surface area contributed by atoms with E-state index in [1.54, 1.807) is 0 Å². The molecule has 352 valence electrons. The molecule has 0 aromatic heterocycles. The van der Waals surface area contributed by atoms with Crippen molar-refractivity contribution >= 4 is 5.91 Å². The minimum atomic E-state index is -0.690. The van der Waals surface area contributed by atoms with E-state index in [1.165, 1.54) is 154 Å². The van der Waals surface area contributed by atoms with E-state index >= 15 is 0 Å². The van der Waals surface area contributed by atoms with Gasteiger partial charge in [-0.15, -0.1) is 0 Å². The standard InChI is InChI=1S/C57H101NO3/c1-3-5-7-9-11-13-15-17-19-21-23-25-27-28-29-31-32-34-36-38-40-42-44-46-48-50-52-56(60)55(54-59)58-57(61)53-51-49-47-45-43-41-39-37-35-33-30-26-24-22-20-18-16-14-12-10-8-6-4-2/h6,8,12,14,18,20,24,26,33,35,39,41,45,47,55-56,59-60H,3-5,7,9-11,13,15-17,19,21-23,25,27-32,34,36-38,40,42-44,46,48-54H2,1-2H3,(H,58,61)/b8-6-,14-12-,20-18-,26-24-,35-33-,41-39-,47-45-. The Labute approximate surface area is 380 Å². The second kappa shape index (κ2) is 51.9. The van der Waals surface area contributed by atoms with Gasteiger partial charge in [0.05, 0.1) is 18.8 Å². The van der Waals surface area contributed by atoms with Crippen molar-refractivity contribution in [3.05, 3.63) is 85.1 Å². The highest BCUT2D eigenvalue weighted by molar-refractivity contribution is 5.76. The predicted octanol–water partition coefficient (Wildman–Crippen LogP) is 17.2. The summed E-state index contributed by atoms with van der Waals surface area (Å²) in [5.41, 5.74) is 0. The van der Waals surface area contributed by atoms with Gasteiger partial charge >= 0.3 is 0 Å². The van der Waals surface area contributed by atoms with E-state index in [0.717, 1.165) is 70.6 Å². The average molecular weight is 848 g/mol. The van der Waals surface area contributed by atoms with E-state index in [2.05, 4.69) is 104 Å². The third kappa shape index (κ3) is 48.5. The van der Waals surface area contributed by atoms with Gasteiger partial charge in [-0.25, -0.2) is 0 Å². The molecule has 0 aliphatic heterocycles. The van der Waals surface area contributed by atoms with Crippen molar-refractivity contribution in [3.63, 3.8) is 0 Å². The molecule has 0 rings (SSSR count). The summed E-state index contributed by atoms with van der Waals surface area (Å²) < 4.78 is 0. The summed E-state index contributed by atoms with van der Waals surface area (Å²) in [6, 6.07) is -0.574. The minimum Gasteiger partial charge on any atom is -0.394 e. The van der Waals surface area contributed by atoms with Crippen molar-refractivity contribution < 1.29 is 15.0 Å². The molecule has 0 radical (unpaired) electrons. The summed E-state index contributed by atoms with van der Waals surface area (Å²) in [4.78, 5) is 12.4. The van der Waals surface area contributed by atoms with Gasteiger partial charge in [-0.1, -0.05) is 266 Å². The van der Waals surface area contributed by atoms with Crippen molar-refractivity contribution in [2.24, 2.45) is 0 Å². The fraction of sp³-hybridized carbons (Fsp3) is 0.737. The van der Waals surface area contributed by atoms with Crippen LogP contribution in [-0.2, 0) is 4.79 Å². The number of unbranched alkanes of at least 4 members (excludes halogenated alkanes) is 26. The zero-order chi connectivity index (χ0) is 44.2. The number of allylic oxidation sites excluding steroid dienone is 14. The quantitative estimate of drug-likeness (QED) is 0.0422. The van der Waals surface area contributed by atoms with Gasteiger partial charge < -0.3 is 15.5 Å². The first-order valence-electron chi connectivity index (χ1n) is 26.3. The van der Waals surface area contributed by atoms with Crippen molar-refractivity contribution in [1.29, 1.82) is 0 Å². The number of rotatable bonds is 47. The average Bonchev–Trinajstić information content (AvgIpc) is 3.26. The molecule has 0 aromatic rings. The minimum absolute atomic E-state index is 0.0894. The van der Waals surface area contributed by atoms with Gasteiger partial charge in [0.25, 0.3) is 0 Å². The molecule has 2 unspecified atom stereocenters. The van der Waals surface area contributed by atoms with E-state index in [4.69, 9.17) is 0 Å².